The van der Waals surface area contributed by atoms with Crippen molar-refractivity contribution in [2.45, 2.75) is 11.4 Å². The highest BCUT2D eigenvalue weighted by Gasteiger charge is 2.08. The van der Waals surface area contributed by atoms with E-state index >= 15 is 0 Å². The zero-order valence-electron chi connectivity index (χ0n) is 11.9. The molecule has 0 radical (unpaired) electrons. The Morgan fingerprint density at radius 2 is 1.83 bits per heavy atom. The van der Waals surface area contributed by atoms with Crippen molar-refractivity contribution in [2.75, 3.05) is 5.32 Å². The molecule has 0 unspecified atom stereocenters. The Hall–Kier alpha value is -2.58. The number of anilines is 1. The van der Waals surface area contributed by atoms with Crippen LogP contribution in [0.3, 0.4) is 0 Å². The predicted octanol–water partition coefficient (Wildman–Crippen LogP) is 2.03. The second-order valence-electron chi connectivity index (χ2n) is 4.93. The van der Waals surface area contributed by atoms with E-state index in [0.29, 0.717) is 23.3 Å². The van der Waals surface area contributed by atoms with Crippen molar-refractivity contribution in [2.24, 2.45) is 5.14 Å². The minimum Gasteiger partial charge on any atom is -0.365 e. The lowest BCUT2D eigenvalue weighted by Gasteiger charge is -2.09. The normalized spacial score (nSPS) is 11.6. The lowest BCUT2D eigenvalue weighted by Crippen LogP contribution is -2.12. The Balaban J connectivity index is 1.81. The van der Waals surface area contributed by atoms with E-state index < -0.39 is 10.0 Å². The van der Waals surface area contributed by atoms with Gasteiger partial charge in [-0.25, -0.2) is 27.9 Å². The third-order valence-corrected chi connectivity index (χ3v) is 4.24. The lowest BCUT2D eigenvalue weighted by molar-refractivity contribution is 0.597. The highest BCUT2D eigenvalue weighted by atomic mass is 32.2. The Labute approximate surface area is 132 Å². The summed E-state index contributed by atoms with van der Waals surface area (Å²) in [6.45, 7) is 0.425. The largest absolute Gasteiger partial charge is 0.365 e. The third kappa shape index (κ3) is 3.43. The van der Waals surface area contributed by atoms with Gasteiger partial charge in [-0.3, -0.25) is 0 Å². The molecule has 0 aliphatic rings. The minimum atomic E-state index is -3.70. The van der Waals surface area contributed by atoms with E-state index in [1.165, 1.54) is 30.6 Å². The Morgan fingerprint density at radius 1 is 1.09 bits per heavy atom. The van der Waals surface area contributed by atoms with Gasteiger partial charge in [0.15, 0.2) is 0 Å². The maximum Gasteiger partial charge on any atom is 0.238 e. The van der Waals surface area contributed by atoms with Crippen molar-refractivity contribution in [1.29, 1.82) is 0 Å². The van der Waals surface area contributed by atoms with Crippen LogP contribution in [0.25, 0.3) is 10.9 Å². The summed E-state index contributed by atoms with van der Waals surface area (Å²) in [7, 11) is -3.70. The van der Waals surface area contributed by atoms with E-state index in [1.807, 2.05) is 0 Å². The van der Waals surface area contributed by atoms with Gasteiger partial charge < -0.3 is 5.32 Å². The number of nitrogens with one attached hydrogen (secondary N) is 1. The highest BCUT2D eigenvalue weighted by molar-refractivity contribution is 7.89. The van der Waals surface area contributed by atoms with Crippen molar-refractivity contribution in [3.05, 3.63) is 60.2 Å². The number of sulfonamides is 1. The van der Waals surface area contributed by atoms with E-state index in [1.54, 1.807) is 18.2 Å². The standard InChI is InChI=1S/C15H13FN4O2S/c16-11-3-6-13-14(7-11)19-9-20-15(13)18-8-10-1-4-12(5-2-10)23(17,21)22/h1-7,9H,8H2,(H2,17,21,22)(H,18,19,20). The predicted molar refractivity (Wildman–Crippen MR) is 84.6 cm³/mol. The fourth-order valence-corrected chi connectivity index (χ4v) is 2.67. The molecule has 118 valence electrons. The van der Waals surface area contributed by atoms with Crippen LogP contribution < -0.4 is 10.5 Å². The number of nitrogens with two attached hydrogens (primary N) is 1. The average Bonchev–Trinajstić information content (AvgIpc) is 2.52. The van der Waals surface area contributed by atoms with Crippen LogP contribution in [-0.2, 0) is 16.6 Å². The molecule has 0 spiro atoms. The van der Waals surface area contributed by atoms with E-state index in [9.17, 15) is 12.8 Å². The summed E-state index contributed by atoms with van der Waals surface area (Å²) in [4.78, 5) is 8.23. The summed E-state index contributed by atoms with van der Waals surface area (Å²) < 4.78 is 35.6. The minimum absolute atomic E-state index is 0.0595. The van der Waals surface area contributed by atoms with Gasteiger partial charge in [0.25, 0.3) is 0 Å². The van der Waals surface area contributed by atoms with Crippen molar-refractivity contribution in [3.63, 3.8) is 0 Å². The molecule has 6 nitrogen and oxygen atoms in total. The summed E-state index contributed by atoms with van der Waals surface area (Å²) >= 11 is 0. The second-order valence-corrected chi connectivity index (χ2v) is 6.49. The molecule has 0 saturated heterocycles. The molecule has 3 rings (SSSR count). The number of hydrogen-bond donors (Lipinski definition) is 2. The first-order chi connectivity index (χ1) is 10.9. The summed E-state index contributed by atoms with van der Waals surface area (Å²) in [5.74, 6) is 0.214. The lowest BCUT2D eigenvalue weighted by atomic mass is 10.2. The highest BCUT2D eigenvalue weighted by Crippen LogP contribution is 2.20. The summed E-state index contributed by atoms with van der Waals surface area (Å²) in [6, 6.07) is 10.5. The van der Waals surface area contributed by atoms with Gasteiger partial charge in [-0.15, -0.1) is 0 Å². The van der Waals surface area contributed by atoms with Crippen LogP contribution in [-0.4, -0.2) is 18.4 Å². The van der Waals surface area contributed by atoms with Gasteiger partial charge in [0.1, 0.15) is 18.0 Å². The number of benzene rings is 2. The van der Waals surface area contributed by atoms with Crippen LogP contribution in [0.1, 0.15) is 5.56 Å². The molecule has 0 amide bonds. The molecule has 0 aliphatic carbocycles. The molecule has 23 heavy (non-hydrogen) atoms. The van der Waals surface area contributed by atoms with Crippen LogP contribution >= 0.6 is 0 Å². The molecular formula is C15H13FN4O2S. The zero-order valence-corrected chi connectivity index (χ0v) is 12.7. The fourth-order valence-electron chi connectivity index (χ4n) is 2.15. The van der Waals surface area contributed by atoms with E-state index in [2.05, 4.69) is 15.3 Å². The number of primary sulfonamides is 1. The number of halogens is 1. The Morgan fingerprint density at radius 3 is 2.52 bits per heavy atom. The number of fused-ring (bicyclic) bond motifs is 1. The van der Waals surface area contributed by atoms with E-state index in [-0.39, 0.29) is 10.7 Å². The molecule has 3 N–H and O–H groups in total. The summed E-state index contributed by atoms with van der Waals surface area (Å²) in [5, 5.41) is 8.89. The van der Waals surface area contributed by atoms with Crippen LogP contribution in [0.2, 0.25) is 0 Å². The first kappa shape index (κ1) is 15.3. The van der Waals surface area contributed by atoms with Crippen molar-refractivity contribution >= 4 is 26.7 Å². The van der Waals surface area contributed by atoms with Crippen molar-refractivity contribution in [3.8, 4) is 0 Å². The SMILES string of the molecule is NS(=O)(=O)c1ccc(CNc2ncnc3cc(F)ccc23)cc1. The van der Waals surface area contributed by atoms with Gasteiger partial charge in [-0.05, 0) is 29.8 Å². The smallest absolute Gasteiger partial charge is 0.238 e. The monoisotopic (exact) mass is 332 g/mol. The van der Waals surface area contributed by atoms with Crippen LogP contribution in [0.4, 0.5) is 10.2 Å². The molecule has 0 bridgehead atoms. The second kappa shape index (κ2) is 5.90. The first-order valence-corrected chi connectivity index (χ1v) is 8.24. The quantitative estimate of drug-likeness (QED) is 0.762. The van der Waals surface area contributed by atoms with Crippen molar-refractivity contribution < 1.29 is 12.8 Å². The third-order valence-electron chi connectivity index (χ3n) is 3.31. The summed E-state index contributed by atoms with van der Waals surface area (Å²) in [5.41, 5.74) is 1.36. The van der Waals surface area contributed by atoms with Gasteiger partial charge in [0, 0.05) is 18.0 Å². The first-order valence-electron chi connectivity index (χ1n) is 6.69. The molecule has 0 atom stereocenters. The van der Waals surface area contributed by atoms with Gasteiger partial charge in [-0.2, -0.15) is 0 Å². The van der Waals surface area contributed by atoms with Crippen molar-refractivity contribution in [1.82, 2.24) is 9.97 Å². The Bertz CT molecular complexity index is 959. The van der Waals surface area contributed by atoms with Crippen LogP contribution in [0.15, 0.2) is 53.7 Å². The molecule has 1 aromatic heterocycles. The topological polar surface area (TPSA) is 98.0 Å². The Kier molecular flexibility index (Phi) is 3.93. The molecule has 3 aromatic rings. The molecule has 2 aromatic carbocycles. The molecule has 0 fully saturated rings. The van der Waals surface area contributed by atoms with Gasteiger partial charge in [0.05, 0.1) is 10.4 Å². The van der Waals surface area contributed by atoms with E-state index in [0.717, 1.165) is 5.56 Å². The van der Waals surface area contributed by atoms with Gasteiger partial charge >= 0.3 is 0 Å². The van der Waals surface area contributed by atoms with Gasteiger partial charge in [-0.1, -0.05) is 12.1 Å². The molecular weight excluding hydrogens is 319 g/mol. The number of hydrogen-bond acceptors (Lipinski definition) is 5. The molecule has 8 heteroatoms. The van der Waals surface area contributed by atoms with E-state index in [4.69, 9.17) is 5.14 Å². The zero-order chi connectivity index (χ0) is 16.4. The maximum atomic E-state index is 13.2. The molecule has 1 heterocycles. The number of nitrogens with zero attached hydrogens (tertiary/aromatic N) is 2. The number of aromatic nitrogens is 2. The van der Waals surface area contributed by atoms with Crippen LogP contribution in [0, 0.1) is 5.82 Å². The average molecular weight is 332 g/mol. The fraction of sp³-hybridized carbons (Fsp3) is 0.0667. The van der Waals surface area contributed by atoms with Crippen LogP contribution in [0.5, 0.6) is 0 Å². The molecule has 0 saturated carbocycles. The molecule has 0 aliphatic heterocycles. The summed E-state index contributed by atoms with van der Waals surface area (Å²) in [6.07, 6.45) is 1.36. The van der Waals surface area contributed by atoms with Gasteiger partial charge in [0.2, 0.25) is 10.0 Å². The maximum absolute atomic E-state index is 13.2. The number of rotatable bonds is 4.